The van der Waals surface area contributed by atoms with Crippen molar-refractivity contribution in [1.82, 2.24) is 4.90 Å². The van der Waals surface area contributed by atoms with Crippen molar-refractivity contribution in [2.24, 2.45) is 11.8 Å². The van der Waals surface area contributed by atoms with Gasteiger partial charge in [-0.15, -0.1) is 0 Å². The first-order valence-corrected chi connectivity index (χ1v) is 6.15. The van der Waals surface area contributed by atoms with Gasteiger partial charge in [-0.1, -0.05) is 20.8 Å². The fourth-order valence-corrected chi connectivity index (χ4v) is 1.22. The zero-order valence-electron chi connectivity index (χ0n) is 11.8. The number of nitrogens with zero attached hydrogens (tertiary/aromatic N) is 1. The Hall–Kier alpha value is -0.730. The number of ether oxygens (including phenoxy) is 1. The summed E-state index contributed by atoms with van der Waals surface area (Å²) in [6, 6.07) is 0. The molecule has 1 amide bonds. The highest BCUT2D eigenvalue weighted by atomic mass is 16.6. The van der Waals surface area contributed by atoms with Crippen LogP contribution in [0.25, 0.3) is 0 Å². The van der Waals surface area contributed by atoms with Crippen LogP contribution in [0, 0.1) is 11.8 Å². The van der Waals surface area contributed by atoms with Crippen LogP contribution in [0.5, 0.6) is 0 Å². The highest BCUT2D eigenvalue weighted by Gasteiger charge is 2.22. The molecule has 0 aromatic carbocycles. The molecular weight excluding hydrogens is 202 g/mol. The van der Waals surface area contributed by atoms with Crippen LogP contribution in [0.2, 0.25) is 0 Å². The maximum atomic E-state index is 11.9. The predicted molar refractivity (Wildman–Crippen MR) is 67.5 cm³/mol. The summed E-state index contributed by atoms with van der Waals surface area (Å²) in [6.45, 7) is 15.6. The van der Waals surface area contributed by atoms with Gasteiger partial charge in [-0.3, -0.25) is 0 Å². The van der Waals surface area contributed by atoms with E-state index in [2.05, 4.69) is 20.8 Å². The third-order valence-corrected chi connectivity index (χ3v) is 2.68. The molecule has 0 heterocycles. The van der Waals surface area contributed by atoms with Crippen molar-refractivity contribution in [3.05, 3.63) is 0 Å². The minimum absolute atomic E-state index is 0.206. The largest absolute Gasteiger partial charge is 0.444 e. The van der Waals surface area contributed by atoms with E-state index in [0.29, 0.717) is 18.4 Å². The van der Waals surface area contributed by atoms with Gasteiger partial charge < -0.3 is 9.64 Å². The van der Waals surface area contributed by atoms with Gasteiger partial charge in [0, 0.05) is 13.1 Å². The zero-order chi connectivity index (χ0) is 12.9. The summed E-state index contributed by atoms with van der Waals surface area (Å²) in [5.41, 5.74) is -0.411. The van der Waals surface area contributed by atoms with Gasteiger partial charge in [-0.25, -0.2) is 4.79 Å². The first-order chi connectivity index (χ1) is 7.17. The molecule has 0 bridgehead atoms. The molecule has 0 aliphatic rings. The molecule has 0 radical (unpaired) electrons. The summed E-state index contributed by atoms with van der Waals surface area (Å²) >= 11 is 0. The lowest BCUT2D eigenvalue weighted by atomic mass is 9.98. The molecule has 0 N–H and O–H groups in total. The van der Waals surface area contributed by atoms with E-state index in [1.807, 2.05) is 27.7 Å². The number of hydrogen-bond donors (Lipinski definition) is 0. The summed E-state index contributed by atoms with van der Waals surface area (Å²) in [6.07, 6.45) is -0.206. The second kappa shape index (κ2) is 6.12. The van der Waals surface area contributed by atoms with Crippen molar-refractivity contribution >= 4 is 6.09 Å². The zero-order valence-corrected chi connectivity index (χ0v) is 11.8. The van der Waals surface area contributed by atoms with Gasteiger partial charge in [0.05, 0.1) is 0 Å². The summed E-state index contributed by atoms with van der Waals surface area (Å²) < 4.78 is 5.36. The molecule has 0 saturated heterocycles. The Balaban J connectivity index is 4.33. The topological polar surface area (TPSA) is 29.5 Å². The van der Waals surface area contributed by atoms with Crippen molar-refractivity contribution in [1.29, 1.82) is 0 Å². The Kier molecular flexibility index (Phi) is 5.84. The average molecular weight is 229 g/mol. The van der Waals surface area contributed by atoms with E-state index in [1.165, 1.54) is 0 Å². The molecule has 0 aliphatic heterocycles. The van der Waals surface area contributed by atoms with Gasteiger partial charge in [0.2, 0.25) is 0 Å². The summed E-state index contributed by atoms with van der Waals surface area (Å²) in [4.78, 5) is 13.6. The van der Waals surface area contributed by atoms with Crippen molar-refractivity contribution in [2.45, 2.75) is 54.1 Å². The van der Waals surface area contributed by atoms with Crippen LogP contribution in [-0.4, -0.2) is 29.7 Å². The molecule has 3 nitrogen and oxygen atoms in total. The normalized spacial score (nSPS) is 13.8. The fraction of sp³-hybridized carbons (Fsp3) is 0.923. The molecule has 1 unspecified atom stereocenters. The molecule has 0 rings (SSSR count). The molecule has 1 atom stereocenters. The van der Waals surface area contributed by atoms with Crippen LogP contribution in [-0.2, 0) is 4.74 Å². The van der Waals surface area contributed by atoms with Crippen molar-refractivity contribution in [2.75, 3.05) is 13.1 Å². The quantitative estimate of drug-likeness (QED) is 0.738. The number of amides is 1. The summed E-state index contributed by atoms with van der Waals surface area (Å²) in [5, 5.41) is 0. The van der Waals surface area contributed by atoms with E-state index in [-0.39, 0.29) is 6.09 Å². The van der Waals surface area contributed by atoms with Crippen LogP contribution in [0.1, 0.15) is 48.5 Å². The first kappa shape index (κ1) is 15.3. The van der Waals surface area contributed by atoms with Crippen LogP contribution in [0.15, 0.2) is 0 Å². The van der Waals surface area contributed by atoms with Gasteiger partial charge in [0.15, 0.2) is 0 Å². The van der Waals surface area contributed by atoms with Gasteiger partial charge in [0.1, 0.15) is 5.60 Å². The second-order valence-corrected chi connectivity index (χ2v) is 5.74. The van der Waals surface area contributed by atoms with Crippen molar-refractivity contribution in [3.63, 3.8) is 0 Å². The van der Waals surface area contributed by atoms with Crippen molar-refractivity contribution < 1.29 is 9.53 Å². The number of carbonyl (C=O) groups excluding carboxylic acids is 1. The molecule has 3 heteroatoms. The molecule has 96 valence electrons. The smallest absolute Gasteiger partial charge is 0.410 e. The third kappa shape index (κ3) is 5.99. The maximum absolute atomic E-state index is 11.9. The Labute approximate surface area is 100 Å². The summed E-state index contributed by atoms with van der Waals surface area (Å²) in [7, 11) is 0. The van der Waals surface area contributed by atoms with Crippen LogP contribution >= 0.6 is 0 Å². The number of carbonyl (C=O) groups is 1. The first-order valence-electron chi connectivity index (χ1n) is 6.15. The highest BCUT2D eigenvalue weighted by Crippen LogP contribution is 2.14. The molecule has 16 heavy (non-hydrogen) atoms. The Morgan fingerprint density at radius 3 is 2.06 bits per heavy atom. The Morgan fingerprint density at radius 1 is 1.25 bits per heavy atom. The molecule has 0 fully saturated rings. The van der Waals surface area contributed by atoms with Crippen LogP contribution in [0.3, 0.4) is 0 Å². The number of rotatable bonds is 4. The second-order valence-electron chi connectivity index (χ2n) is 5.74. The minimum atomic E-state index is -0.411. The SMILES string of the molecule is CCN(CC(C)C(C)C)C(=O)OC(C)(C)C. The van der Waals surface area contributed by atoms with Crippen LogP contribution < -0.4 is 0 Å². The van der Waals surface area contributed by atoms with Gasteiger partial charge in [0.25, 0.3) is 0 Å². The van der Waals surface area contributed by atoms with Crippen LogP contribution in [0.4, 0.5) is 4.79 Å². The maximum Gasteiger partial charge on any atom is 0.410 e. The highest BCUT2D eigenvalue weighted by molar-refractivity contribution is 5.68. The molecule has 0 aromatic heterocycles. The lowest BCUT2D eigenvalue weighted by Gasteiger charge is -2.29. The Bertz CT molecular complexity index is 218. The molecule has 0 aromatic rings. The number of hydrogen-bond acceptors (Lipinski definition) is 2. The van der Waals surface area contributed by atoms with E-state index in [9.17, 15) is 4.79 Å². The van der Waals surface area contributed by atoms with E-state index in [4.69, 9.17) is 4.74 Å². The molecule has 0 spiro atoms. The van der Waals surface area contributed by atoms with E-state index < -0.39 is 5.60 Å². The molecular formula is C13H27NO2. The Morgan fingerprint density at radius 2 is 1.75 bits per heavy atom. The van der Waals surface area contributed by atoms with Crippen molar-refractivity contribution in [3.8, 4) is 0 Å². The van der Waals surface area contributed by atoms with E-state index in [0.717, 1.165) is 6.54 Å². The summed E-state index contributed by atoms with van der Waals surface area (Å²) in [5.74, 6) is 1.07. The van der Waals surface area contributed by atoms with Gasteiger partial charge in [-0.05, 0) is 39.5 Å². The third-order valence-electron chi connectivity index (χ3n) is 2.68. The minimum Gasteiger partial charge on any atom is -0.444 e. The molecule has 0 aliphatic carbocycles. The molecule has 0 saturated carbocycles. The lowest BCUT2D eigenvalue weighted by Crippen LogP contribution is -2.39. The monoisotopic (exact) mass is 229 g/mol. The van der Waals surface area contributed by atoms with Gasteiger partial charge in [-0.2, -0.15) is 0 Å². The predicted octanol–water partition coefficient (Wildman–Crippen LogP) is 3.54. The fourth-order valence-electron chi connectivity index (χ4n) is 1.22. The van der Waals surface area contributed by atoms with E-state index >= 15 is 0 Å². The lowest BCUT2D eigenvalue weighted by molar-refractivity contribution is 0.0223. The van der Waals surface area contributed by atoms with E-state index in [1.54, 1.807) is 4.90 Å². The average Bonchev–Trinajstić information content (AvgIpc) is 2.10. The standard InChI is InChI=1S/C13H27NO2/c1-8-14(9-11(4)10(2)3)12(15)16-13(5,6)7/h10-11H,8-9H2,1-7H3. The van der Waals surface area contributed by atoms with Gasteiger partial charge >= 0.3 is 6.09 Å².